The summed E-state index contributed by atoms with van der Waals surface area (Å²) in [6, 6.07) is 5.16. The first kappa shape index (κ1) is 13.1. The van der Waals surface area contributed by atoms with Gasteiger partial charge in [0.25, 0.3) is 0 Å². The van der Waals surface area contributed by atoms with Crippen molar-refractivity contribution in [3.63, 3.8) is 0 Å². The molecule has 0 aliphatic rings. The first-order valence-corrected chi connectivity index (χ1v) is 5.25. The number of azo groups is 1. The molecule has 0 aliphatic heterocycles. The number of anilines is 1. The van der Waals surface area contributed by atoms with Crippen LogP contribution in [0.3, 0.4) is 0 Å². The Balaban J connectivity index is 2.53. The Labute approximate surface area is 103 Å². The molecule has 0 aliphatic carbocycles. The zero-order valence-corrected chi connectivity index (χ0v) is 9.86. The molecule has 90 valence electrons. The minimum atomic E-state index is -0.737. The van der Waals surface area contributed by atoms with Crippen LogP contribution in [0, 0.1) is 0 Å². The maximum Gasteiger partial charge on any atom is 0.364 e. The Morgan fingerprint density at radius 3 is 2.65 bits per heavy atom. The summed E-state index contributed by atoms with van der Waals surface area (Å²) < 4.78 is 0. The molecule has 0 spiro atoms. The summed E-state index contributed by atoms with van der Waals surface area (Å²) in [5.74, 6) is 0. The lowest BCUT2D eigenvalue weighted by Crippen LogP contribution is -2.18. The summed E-state index contributed by atoms with van der Waals surface area (Å²) in [7, 11) is 0. The Hall–Kier alpha value is -1.95. The van der Waals surface area contributed by atoms with Crippen LogP contribution in [-0.4, -0.2) is 18.6 Å². The Morgan fingerprint density at radius 1 is 1.29 bits per heavy atom. The van der Waals surface area contributed by atoms with Gasteiger partial charge in [0.05, 0.1) is 0 Å². The third-order valence-corrected chi connectivity index (χ3v) is 1.87. The average molecular weight is 255 g/mol. The number of nitrogens with one attached hydrogen (secondary N) is 2. The van der Waals surface area contributed by atoms with E-state index in [1.54, 1.807) is 31.2 Å². The minimum Gasteiger partial charge on any atom is -0.335 e. The summed E-state index contributed by atoms with van der Waals surface area (Å²) in [6.45, 7) is 2.16. The SMILES string of the molecule is CCNC(=O)N=NC(=O)Nc1cccc(Cl)c1. The Kier molecular flexibility index (Phi) is 5.09. The molecule has 0 bridgehead atoms. The predicted molar refractivity (Wildman–Crippen MR) is 64.4 cm³/mol. The fourth-order valence-corrected chi connectivity index (χ4v) is 1.18. The van der Waals surface area contributed by atoms with E-state index in [0.717, 1.165) is 0 Å². The molecule has 1 aromatic carbocycles. The zero-order chi connectivity index (χ0) is 12.7. The van der Waals surface area contributed by atoms with Gasteiger partial charge in [0, 0.05) is 17.3 Å². The number of hydrogen-bond donors (Lipinski definition) is 2. The van der Waals surface area contributed by atoms with Crippen molar-refractivity contribution in [2.75, 3.05) is 11.9 Å². The lowest BCUT2D eigenvalue weighted by molar-refractivity contribution is 0.245. The molecule has 6 nitrogen and oxygen atoms in total. The van der Waals surface area contributed by atoms with Crippen LogP contribution in [0.15, 0.2) is 34.5 Å². The van der Waals surface area contributed by atoms with Gasteiger partial charge in [-0.1, -0.05) is 27.9 Å². The van der Waals surface area contributed by atoms with Gasteiger partial charge in [-0.3, -0.25) is 0 Å². The van der Waals surface area contributed by atoms with Gasteiger partial charge >= 0.3 is 12.1 Å². The van der Waals surface area contributed by atoms with Gasteiger partial charge in [-0.05, 0) is 25.1 Å². The molecule has 0 heterocycles. The number of nitrogens with zero attached hydrogens (tertiary/aromatic N) is 2. The van der Waals surface area contributed by atoms with Gasteiger partial charge < -0.3 is 10.6 Å². The van der Waals surface area contributed by atoms with Gasteiger partial charge in [-0.2, -0.15) is 0 Å². The monoisotopic (exact) mass is 254 g/mol. The lowest BCUT2D eigenvalue weighted by Gasteiger charge is -2.00. The first-order valence-electron chi connectivity index (χ1n) is 4.88. The predicted octanol–water partition coefficient (Wildman–Crippen LogP) is 3.05. The van der Waals surface area contributed by atoms with Crippen molar-refractivity contribution in [1.29, 1.82) is 0 Å². The number of halogens is 1. The number of benzene rings is 1. The smallest absolute Gasteiger partial charge is 0.335 e. The van der Waals surface area contributed by atoms with Crippen molar-refractivity contribution in [3.8, 4) is 0 Å². The molecule has 1 rings (SSSR count). The van der Waals surface area contributed by atoms with Crippen LogP contribution in [0.5, 0.6) is 0 Å². The van der Waals surface area contributed by atoms with E-state index in [4.69, 9.17) is 11.6 Å². The molecule has 7 heteroatoms. The van der Waals surface area contributed by atoms with E-state index < -0.39 is 12.1 Å². The standard InChI is InChI=1S/C10H11ClN4O2/c1-2-12-9(16)14-15-10(17)13-8-5-3-4-7(11)6-8/h3-6H,2H2,1H3,(H,12,16)(H,13,17). The quantitative estimate of drug-likeness (QED) is 0.795. The molecule has 0 saturated carbocycles. The molecular weight excluding hydrogens is 244 g/mol. The number of carbonyl (C=O) groups is 2. The highest BCUT2D eigenvalue weighted by molar-refractivity contribution is 6.30. The molecule has 1 aromatic rings. The summed E-state index contributed by atoms with van der Waals surface area (Å²) in [5.41, 5.74) is 0.484. The fourth-order valence-electron chi connectivity index (χ4n) is 0.992. The van der Waals surface area contributed by atoms with Gasteiger partial charge in [0.15, 0.2) is 0 Å². The number of amides is 4. The highest BCUT2D eigenvalue weighted by Gasteiger charge is 2.01. The van der Waals surface area contributed by atoms with Crippen LogP contribution in [0.2, 0.25) is 5.02 Å². The van der Waals surface area contributed by atoms with E-state index in [2.05, 4.69) is 20.9 Å². The maximum absolute atomic E-state index is 11.2. The molecule has 0 saturated heterocycles. The van der Waals surface area contributed by atoms with E-state index in [1.165, 1.54) is 0 Å². The highest BCUT2D eigenvalue weighted by Crippen LogP contribution is 2.14. The highest BCUT2D eigenvalue weighted by atomic mass is 35.5. The second kappa shape index (κ2) is 6.59. The summed E-state index contributed by atoms with van der Waals surface area (Å²) in [6.07, 6.45) is 0. The number of carbonyl (C=O) groups excluding carboxylic acids is 2. The van der Waals surface area contributed by atoms with Crippen LogP contribution in [0.4, 0.5) is 15.3 Å². The second-order valence-corrected chi connectivity index (χ2v) is 3.41. The molecule has 17 heavy (non-hydrogen) atoms. The largest absolute Gasteiger partial charge is 0.364 e. The molecule has 0 aromatic heterocycles. The van der Waals surface area contributed by atoms with Gasteiger partial charge in [-0.25, -0.2) is 9.59 Å². The molecule has 0 unspecified atom stereocenters. The molecule has 0 radical (unpaired) electrons. The third-order valence-electron chi connectivity index (χ3n) is 1.64. The molecular formula is C10H11ClN4O2. The van der Waals surface area contributed by atoms with Crippen molar-refractivity contribution in [2.45, 2.75) is 6.92 Å². The van der Waals surface area contributed by atoms with Crippen molar-refractivity contribution >= 4 is 29.4 Å². The summed E-state index contributed by atoms with van der Waals surface area (Å²) in [5, 5.41) is 11.6. The number of urea groups is 2. The first-order chi connectivity index (χ1) is 8.11. The zero-order valence-electron chi connectivity index (χ0n) is 9.11. The van der Waals surface area contributed by atoms with E-state index in [1.807, 2.05) is 0 Å². The topological polar surface area (TPSA) is 82.9 Å². The number of rotatable bonds is 2. The van der Waals surface area contributed by atoms with E-state index >= 15 is 0 Å². The third kappa shape index (κ3) is 5.07. The van der Waals surface area contributed by atoms with Crippen LogP contribution in [-0.2, 0) is 0 Å². The van der Waals surface area contributed by atoms with Gasteiger partial charge in [0.2, 0.25) is 0 Å². The molecule has 0 atom stereocenters. The minimum absolute atomic E-state index is 0.424. The van der Waals surface area contributed by atoms with Gasteiger partial charge in [0.1, 0.15) is 0 Å². The van der Waals surface area contributed by atoms with Crippen molar-refractivity contribution in [3.05, 3.63) is 29.3 Å². The van der Waals surface area contributed by atoms with E-state index in [0.29, 0.717) is 17.3 Å². The fraction of sp³-hybridized carbons (Fsp3) is 0.200. The average Bonchev–Trinajstić information content (AvgIpc) is 2.27. The Morgan fingerprint density at radius 2 is 2.00 bits per heavy atom. The van der Waals surface area contributed by atoms with Crippen molar-refractivity contribution < 1.29 is 9.59 Å². The van der Waals surface area contributed by atoms with E-state index in [9.17, 15) is 9.59 Å². The number of hydrogen-bond acceptors (Lipinski definition) is 2. The van der Waals surface area contributed by atoms with Crippen LogP contribution in [0.1, 0.15) is 6.92 Å². The van der Waals surface area contributed by atoms with Crippen molar-refractivity contribution in [2.24, 2.45) is 10.2 Å². The molecule has 0 fully saturated rings. The summed E-state index contributed by atoms with van der Waals surface area (Å²) in [4.78, 5) is 22.1. The Bertz CT molecular complexity index is 448. The van der Waals surface area contributed by atoms with Gasteiger partial charge in [-0.15, -0.1) is 0 Å². The summed E-state index contributed by atoms with van der Waals surface area (Å²) >= 11 is 5.73. The van der Waals surface area contributed by atoms with Crippen LogP contribution in [0.25, 0.3) is 0 Å². The lowest BCUT2D eigenvalue weighted by atomic mass is 10.3. The van der Waals surface area contributed by atoms with E-state index in [-0.39, 0.29) is 0 Å². The van der Waals surface area contributed by atoms with Crippen LogP contribution >= 0.6 is 11.6 Å². The van der Waals surface area contributed by atoms with Crippen LogP contribution < -0.4 is 10.6 Å². The normalized spacial score (nSPS) is 10.2. The molecule has 2 N–H and O–H groups in total. The molecule has 4 amide bonds. The second-order valence-electron chi connectivity index (χ2n) is 2.98. The van der Waals surface area contributed by atoms with Crippen molar-refractivity contribution in [1.82, 2.24) is 5.32 Å². The maximum atomic E-state index is 11.2.